The van der Waals surface area contributed by atoms with Crippen molar-refractivity contribution in [2.75, 3.05) is 0 Å². The first-order valence-electron chi connectivity index (χ1n) is 3.16. The van der Waals surface area contributed by atoms with Gasteiger partial charge in [0.1, 0.15) is 0 Å². The first-order chi connectivity index (χ1) is 5.21. The SMILES string of the molecule is CC(=O)O.[CH2-]CC(C)S(=O)(=O)O.[K+]. The standard InChI is InChI=1S/C4H9O3S.C2H4O2.K/c1-3-4(2)8(5,6)7;1-2(3)4;/h4H,1,3H2,2H3,(H,5,6,7);1H3,(H,3,4);/q-1;;+1. The predicted molar refractivity (Wildman–Crippen MR) is 44.3 cm³/mol. The molecule has 13 heavy (non-hydrogen) atoms. The molecule has 5 nitrogen and oxygen atoms in total. The fourth-order valence-corrected chi connectivity index (χ4v) is 0.447. The van der Waals surface area contributed by atoms with Crippen molar-refractivity contribution in [2.45, 2.75) is 25.5 Å². The molecule has 0 heterocycles. The van der Waals surface area contributed by atoms with Gasteiger partial charge in [0.05, 0.1) is 5.25 Å². The Labute approximate surface area is 121 Å². The second kappa shape index (κ2) is 9.57. The minimum atomic E-state index is -3.82. The molecule has 0 radical (unpaired) electrons. The minimum Gasteiger partial charge on any atom is -0.481 e. The predicted octanol–water partition coefficient (Wildman–Crippen LogP) is -2.42. The maximum atomic E-state index is 10.1. The summed E-state index contributed by atoms with van der Waals surface area (Å²) in [5.41, 5.74) is 0. The van der Waals surface area contributed by atoms with Gasteiger partial charge in [0.25, 0.3) is 16.1 Å². The van der Waals surface area contributed by atoms with Gasteiger partial charge in [-0.05, 0) is 6.92 Å². The molecule has 0 saturated heterocycles. The van der Waals surface area contributed by atoms with E-state index in [4.69, 9.17) is 14.5 Å². The summed E-state index contributed by atoms with van der Waals surface area (Å²) in [4.78, 5) is 9.00. The van der Waals surface area contributed by atoms with E-state index in [0.29, 0.717) is 0 Å². The summed E-state index contributed by atoms with van der Waals surface area (Å²) in [6.45, 7) is 5.80. The molecule has 0 bridgehead atoms. The van der Waals surface area contributed by atoms with Crippen LogP contribution in [0.5, 0.6) is 0 Å². The number of carboxylic acid groups (broad SMARTS) is 1. The number of hydrogen-bond acceptors (Lipinski definition) is 3. The summed E-state index contributed by atoms with van der Waals surface area (Å²) in [5.74, 6) is -0.833. The maximum Gasteiger partial charge on any atom is 1.00 e. The van der Waals surface area contributed by atoms with E-state index in [9.17, 15) is 8.42 Å². The van der Waals surface area contributed by atoms with Crippen LogP contribution in [0.3, 0.4) is 0 Å². The Balaban J connectivity index is -0.000000173. The van der Waals surface area contributed by atoms with Crippen LogP contribution in [0.15, 0.2) is 0 Å². The van der Waals surface area contributed by atoms with E-state index in [1.165, 1.54) is 6.92 Å². The number of carbonyl (C=O) groups is 1. The van der Waals surface area contributed by atoms with Crippen LogP contribution in [-0.4, -0.2) is 29.3 Å². The second-order valence-corrected chi connectivity index (χ2v) is 3.97. The topological polar surface area (TPSA) is 91.7 Å². The summed E-state index contributed by atoms with van der Waals surface area (Å²) < 4.78 is 28.4. The van der Waals surface area contributed by atoms with Crippen molar-refractivity contribution in [3.63, 3.8) is 0 Å². The molecule has 0 fully saturated rings. The zero-order valence-corrected chi connectivity index (χ0v) is 12.0. The average Bonchev–Trinajstić information content (AvgIpc) is 1.82. The van der Waals surface area contributed by atoms with Crippen molar-refractivity contribution in [2.24, 2.45) is 0 Å². The number of carboxylic acids is 1. The van der Waals surface area contributed by atoms with Gasteiger partial charge >= 0.3 is 51.4 Å². The molecule has 0 amide bonds. The molecule has 0 aromatic rings. The van der Waals surface area contributed by atoms with Crippen molar-refractivity contribution < 1.29 is 74.3 Å². The van der Waals surface area contributed by atoms with Gasteiger partial charge < -0.3 is 12.0 Å². The van der Waals surface area contributed by atoms with Crippen LogP contribution < -0.4 is 51.4 Å². The summed E-state index contributed by atoms with van der Waals surface area (Å²) in [6, 6.07) is 0. The van der Waals surface area contributed by atoms with Gasteiger partial charge in [-0.1, -0.05) is 0 Å². The smallest absolute Gasteiger partial charge is 0.481 e. The second-order valence-electron chi connectivity index (χ2n) is 2.13. The molecule has 0 aromatic carbocycles. The molecule has 0 spiro atoms. The molecular formula is C6H13KO5S. The zero-order chi connectivity index (χ0) is 10.4. The van der Waals surface area contributed by atoms with Crippen LogP contribution in [-0.2, 0) is 14.9 Å². The van der Waals surface area contributed by atoms with Crippen molar-refractivity contribution in [3.05, 3.63) is 6.92 Å². The molecule has 1 unspecified atom stereocenters. The molecule has 0 aliphatic heterocycles. The van der Waals surface area contributed by atoms with E-state index < -0.39 is 21.3 Å². The van der Waals surface area contributed by atoms with Gasteiger partial charge in [-0.25, -0.2) is 0 Å². The molecule has 0 aliphatic carbocycles. The van der Waals surface area contributed by atoms with Crippen molar-refractivity contribution in [1.82, 2.24) is 0 Å². The molecule has 0 rings (SSSR count). The zero-order valence-electron chi connectivity index (χ0n) is 8.02. The normalized spacial score (nSPS) is 11.7. The molecule has 74 valence electrons. The monoisotopic (exact) mass is 236 g/mol. The third-order valence-electron chi connectivity index (χ3n) is 0.915. The molecule has 0 aromatic heterocycles. The Morgan fingerprint density at radius 3 is 1.77 bits per heavy atom. The first-order valence-corrected chi connectivity index (χ1v) is 4.67. The van der Waals surface area contributed by atoms with Crippen molar-refractivity contribution in [3.8, 4) is 0 Å². The van der Waals surface area contributed by atoms with Crippen molar-refractivity contribution >= 4 is 16.1 Å². The average molecular weight is 236 g/mol. The summed E-state index contributed by atoms with van der Waals surface area (Å²) >= 11 is 0. The van der Waals surface area contributed by atoms with Crippen LogP contribution in [0.25, 0.3) is 0 Å². The minimum absolute atomic E-state index is 0. The molecule has 7 heteroatoms. The number of hydrogen-bond donors (Lipinski definition) is 2. The van der Waals surface area contributed by atoms with Crippen molar-refractivity contribution in [1.29, 1.82) is 0 Å². The van der Waals surface area contributed by atoms with Gasteiger partial charge in [-0.15, -0.1) is 0 Å². The van der Waals surface area contributed by atoms with E-state index in [2.05, 4.69) is 6.92 Å². The van der Waals surface area contributed by atoms with Crippen LogP contribution >= 0.6 is 0 Å². The Hall–Kier alpha value is 1.02. The third-order valence-corrected chi connectivity index (χ3v) is 2.17. The fourth-order valence-electron chi connectivity index (χ4n) is 0.149. The Kier molecular flexibility index (Phi) is 14.4. The summed E-state index contributed by atoms with van der Waals surface area (Å²) in [6.07, 6.45) is 0.207. The molecular weight excluding hydrogens is 223 g/mol. The van der Waals surface area contributed by atoms with E-state index in [1.807, 2.05) is 0 Å². The van der Waals surface area contributed by atoms with Crippen LogP contribution in [0.4, 0.5) is 0 Å². The Bertz CT molecular complexity index is 219. The molecule has 0 aliphatic rings. The molecule has 1 atom stereocenters. The van der Waals surface area contributed by atoms with Crippen LogP contribution in [0, 0.1) is 6.92 Å². The quantitative estimate of drug-likeness (QED) is 0.316. The van der Waals surface area contributed by atoms with E-state index in [1.54, 1.807) is 0 Å². The summed E-state index contributed by atoms with van der Waals surface area (Å²) in [7, 11) is -3.82. The van der Waals surface area contributed by atoms with Crippen LogP contribution in [0.2, 0.25) is 0 Å². The number of aliphatic carboxylic acids is 1. The van der Waals surface area contributed by atoms with Gasteiger partial charge in [-0.2, -0.15) is 14.8 Å². The summed E-state index contributed by atoms with van der Waals surface area (Å²) in [5, 5.41) is 6.68. The van der Waals surface area contributed by atoms with Gasteiger partial charge in [0, 0.05) is 6.92 Å². The van der Waals surface area contributed by atoms with E-state index in [-0.39, 0.29) is 57.8 Å². The van der Waals surface area contributed by atoms with Gasteiger partial charge in [-0.3, -0.25) is 9.35 Å². The largest absolute Gasteiger partial charge is 1.00 e. The first kappa shape index (κ1) is 19.6. The van der Waals surface area contributed by atoms with Gasteiger partial charge in [0.15, 0.2) is 0 Å². The third kappa shape index (κ3) is 19.4. The molecule has 0 saturated carbocycles. The van der Waals surface area contributed by atoms with Gasteiger partial charge in [0.2, 0.25) is 0 Å². The Morgan fingerprint density at radius 2 is 1.77 bits per heavy atom. The van der Waals surface area contributed by atoms with Crippen LogP contribution in [0.1, 0.15) is 20.3 Å². The van der Waals surface area contributed by atoms with E-state index in [0.717, 1.165) is 6.92 Å². The molecule has 2 N–H and O–H groups in total. The maximum absolute atomic E-state index is 10.1. The van der Waals surface area contributed by atoms with E-state index >= 15 is 0 Å². The number of rotatable bonds is 2. The Morgan fingerprint density at radius 1 is 1.54 bits per heavy atom. The fraction of sp³-hybridized carbons (Fsp3) is 0.667.